The summed E-state index contributed by atoms with van der Waals surface area (Å²) in [6.45, 7) is 0. The first-order valence-electron chi connectivity index (χ1n) is 18.7. The molecule has 0 unspecified atom stereocenters. The number of hydrogen-bond donors (Lipinski definition) is 0. The molecule has 0 saturated carbocycles. The largest absolute Gasteiger partial charge is 0.309 e. The van der Waals surface area contributed by atoms with Crippen LogP contribution in [-0.4, -0.2) is 14.5 Å². The van der Waals surface area contributed by atoms with Crippen LogP contribution >= 0.6 is 0 Å². The monoisotopic (exact) mass is 699 g/mol. The highest BCUT2D eigenvalue weighted by Crippen LogP contribution is 2.44. The first kappa shape index (κ1) is 31.2. The van der Waals surface area contributed by atoms with Gasteiger partial charge < -0.3 is 4.57 Å². The van der Waals surface area contributed by atoms with Gasteiger partial charge in [0.05, 0.1) is 28.1 Å². The molecule has 0 bridgehead atoms. The molecule has 0 saturated heterocycles. The molecule has 11 aromatic rings. The number of fused-ring (bicyclic) bond motifs is 9. The van der Waals surface area contributed by atoms with Gasteiger partial charge in [0.1, 0.15) is 0 Å². The Hall–Kier alpha value is -7.36. The fourth-order valence-corrected chi connectivity index (χ4v) is 8.45. The zero-order valence-electron chi connectivity index (χ0n) is 29.9. The lowest BCUT2D eigenvalue weighted by Crippen LogP contribution is -2.00. The topological polar surface area (TPSA) is 30.7 Å². The predicted octanol–water partition coefficient (Wildman–Crippen LogP) is 13.7. The van der Waals surface area contributed by atoms with Gasteiger partial charge in [-0.1, -0.05) is 164 Å². The van der Waals surface area contributed by atoms with Crippen LogP contribution in [0.4, 0.5) is 0 Å². The quantitative estimate of drug-likeness (QED) is 0.167. The minimum absolute atomic E-state index is 0.701. The van der Waals surface area contributed by atoms with Gasteiger partial charge in [-0.05, 0) is 74.5 Å². The standard InChI is InChI=1S/C52H33N3/c1-4-16-34(17-5-1)37-28-29-49-44(30-37)42-25-14-15-27-48(42)55(49)50-32-38(31-45-41-24-11-10-22-39(41)40-23-12-13-26-43(40)51(45)50)47-33-46(35-18-6-2-7-19-35)53-52(54-47)36-20-8-3-9-21-36/h1-33H. The molecule has 0 aliphatic heterocycles. The van der Waals surface area contributed by atoms with Crippen molar-refractivity contribution in [3.8, 4) is 50.7 Å². The van der Waals surface area contributed by atoms with Crippen molar-refractivity contribution in [1.29, 1.82) is 0 Å². The summed E-state index contributed by atoms with van der Waals surface area (Å²) in [6, 6.07) is 71.6. The average molecular weight is 700 g/mol. The Kier molecular flexibility index (Phi) is 7.17. The number of nitrogens with zero attached hydrogens (tertiary/aromatic N) is 3. The van der Waals surface area contributed by atoms with Crippen LogP contribution in [-0.2, 0) is 0 Å². The van der Waals surface area contributed by atoms with Crippen molar-refractivity contribution < 1.29 is 0 Å². The molecule has 0 amide bonds. The molecule has 0 aliphatic carbocycles. The van der Waals surface area contributed by atoms with Gasteiger partial charge in [0.25, 0.3) is 0 Å². The first-order chi connectivity index (χ1) is 27.3. The molecule has 11 rings (SSSR count). The van der Waals surface area contributed by atoms with E-state index in [4.69, 9.17) is 9.97 Å². The van der Waals surface area contributed by atoms with E-state index in [0.29, 0.717) is 5.82 Å². The number of rotatable bonds is 5. The van der Waals surface area contributed by atoms with Crippen LogP contribution in [0.3, 0.4) is 0 Å². The number of para-hydroxylation sites is 1. The third kappa shape index (κ3) is 5.13. The van der Waals surface area contributed by atoms with E-state index < -0.39 is 0 Å². The first-order valence-corrected chi connectivity index (χ1v) is 18.7. The molecule has 0 radical (unpaired) electrons. The average Bonchev–Trinajstić information content (AvgIpc) is 3.60. The van der Waals surface area contributed by atoms with Gasteiger partial charge in [-0.25, -0.2) is 9.97 Å². The maximum atomic E-state index is 5.32. The van der Waals surface area contributed by atoms with Crippen LogP contribution in [0.1, 0.15) is 0 Å². The third-order valence-corrected chi connectivity index (χ3v) is 11.0. The summed E-state index contributed by atoms with van der Waals surface area (Å²) in [5, 5.41) is 9.77. The van der Waals surface area contributed by atoms with Crippen molar-refractivity contribution in [2.24, 2.45) is 0 Å². The molecule has 55 heavy (non-hydrogen) atoms. The van der Waals surface area contributed by atoms with E-state index in [2.05, 4.69) is 180 Å². The highest BCUT2D eigenvalue weighted by Gasteiger charge is 2.21. The third-order valence-electron chi connectivity index (χ3n) is 11.0. The molecule has 3 heteroatoms. The van der Waals surface area contributed by atoms with Gasteiger partial charge in [-0.15, -0.1) is 0 Å². The number of aromatic nitrogens is 3. The maximum absolute atomic E-state index is 5.32. The normalized spacial score (nSPS) is 11.6. The van der Waals surface area contributed by atoms with Gasteiger partial charge in [-0.2, -0.15) is 0 Å². The highest BCUT2D eigenvalue weighted by molar-refractivity contribution is 6.28. The van der Waals surface area contributed by atoms with Gasteiger partial charge in [-0.3, -0.25) is 0 Å². The molecular formula is C52H33N3. The molecule has 0 N–H and O–H groups in total. The fourth-order valence-electron chi connectivity index (χ4n) is 8.45. The van der Waals surface area contributed by atoms with Gasteiger partial charge in [0, 0.05) is 32.8 Å². The van der Waals surface area contributed by atoms with Crippen molar-refractivity contribution in [3.05, 3.63) is 200 Å². The summed E-state index contributed by atoms with van der Waals surface area (Å²) in [7, 11) is 0. The van der Waals surface area contributed by atoms with E-state index in [1.165, 1.54) is 54.2 Å². The SMILES string of the molecule is c1ccc(-c2ccc3c(c2)c2ccccc2n3-c2cc(-c3cc(-c4ccccc4)nc(-c4ccccc4)n3)cc3c4ccccc4c4ccccc4c23)cc1. The second-order valence-electron chi connectivity index (χ2n) is 14.2. The molecule has 2 heterocycles. The zero-order chi connectivity index (χ0) is 36.3. The number of hydrogen-bond acceptors (Lipinski definition) is 2. The highest BCUT2D eigenvalue weighted by atomic mass is 15.0. The molecule has 256 valence electrons. The maximum Gasteiger partial charge on any atom is 0.160 e. The fraction of sp³-hybridized carbons (Fsp3) is 0. The van der Waals surface area contributed by atoms with E-state index in [0.717, 1.165) is 44.8 Å². The Bertz CT molecular complexity index is 3180. The Morgan fingerprint density at radius 1 is 0.291 bits per heavy atom. The Balaban J connectivity index is 1.28. The van der Waals surface area contributed by atoms with Crippen molar-refractivity contribution >= 4 is 54.1 Å². The lowest BCUT2D eigenvalue weighted by atomic mass is 9.91. The second-order valence-corrected chi connectivity index (χ2v) is 14.2. The predicted molar refractivity (Wildman–Crippen MR) is 231 cm³/mol. The summed E-state index contributed by atoms with van der Waals surface area (Å²) in [6.07, 6.45) is 0. The van der Waals surface area contributed by atoms with E-state index >= 15 is 0 Å². The molecule has 0 atom stereocenters. The lowest BCUT2D eigenvalue weighted by Gasteiger charge is -2.19. The lowest BCUT2D eigenvalue weighted by molar-refractivity contribution is 1.17. The van der Waals surface area contributed by atoms with E-state index in [1.807, 2.05) is 24.3 Å². The molecule has 3 nitrogen and oxygen atoms in total. The van der Waals surface area contributed by atoms with Gasteiger partial charge >= 0.3 is 0 Å². The number of benzene rings is 9. The van der Waals surface area contributed by atoms with Gasteiger partial charge in [0.2, 0.25) is 0 Å². The minimum atomic E-state index is 0.701. The Labute approximate surface area is 318 Å². The van der Waals surface area contributed by atoms with E-state index in [1.54, 1.807) is 0 Å². The van der Waals surface area contributed by atoms with Crippen LogP contribution in [0.2, 0.25) is 0 Å². The molecule has 9 aromatic carbocycles. The second kappa shape index (κ2) is 12.6. The summed E-state index contributed by atoms with van der Waals surface area (Å²) in [4.78, 5) is 10.4. The molecular weight excluding hydrogens is 667 g/mol. The Morgan fingerprint density at radius 3 is 1.47 bits per heavy atom. The summed E-state index contributed by atoms with van der Waals surface area (Å²) >= 11 is 0. The van der Waals surface area contributed by atoms with E-state index in [-0.39, 0.29) is 0 Å². The molecule has 0 aliphatic rings. The van der Waals surface area contributed by atoms with Crippen molar-refractivity contribution in [2.45, 2.75) is 0 Å². The van der Waals surface area contributed by atoms with Crippen LogP contribution < -0.4 is 0 Å². The van der Waals surface area contributed by atoms with E-state index in [9.17, 15) is 0 Å². The smallest absolute Gasteiger partial charge is 0.160 e. The molecule has 0 spiro atoms. The van der Waals surface area contributed by atoms with Crippen molar-refractivity contribution in [2.75, 3.05) is 0 Å². The van der Waals surface area contributed by atoms with Crippen molar-refractivity contribution in [1.82, 2.24) is 14.5 Å². The molecule has 0 fully saturated rings. The van der Waals surface area contributed by atoms with Gasteiger partial charge in [0.15, 0.2) is 5.82 Å². The molecule has 2 aromatic heterocycles. The zero-order valence-corrected chi connectivity index (χ0v) is 29.9. The van der Waals surface area contributed by atoms with Crippen LogP contribution in [0.15, 0.2) is 200 Å². The minimum Gasteiger partial charge on any atom is -0.309 e. The van der Waals surface area contributed by atoms with Crippen molar-refractivity contribution in [3.63, 3.8) is 0 Å². The summed E-state index contributed by atoms with van der Waals surface area (Å²) in [5.41, 5.74) is 10.7. The van der Waals surface area contributed by atoms with Crippen LogP contribution in [0.25, 0.3) is 105 Å². The summed E-state index contributed by atoms with van der Waals surface area (Å²) < 4.78 is 2.48. The van der Waals surface area contributed by atoms with Crippen LogP contribution in [0.5, 0.6) is 0 Å². The van der Waals surface area contributed by atoms with Crippen LogP contribution in [0, 0.1) is 0 Å². The summed E-state index contributed by atoms with van der Waals surface area (Å²) in [5.74, 6) is 0.701. The Morgan fingerprint density at radius 2 is 0.782 bits per heavy atom.